The van der Waals surface area contributed by atoms with Gasteiger partial charge in [-0.2, -0.15) is 16.5 Å². The third kappa shape index (κ3) is 6.78. The molecule has 33 heavy (non-hydrogen) atoms. The Morgan fingerprint density at radius 3 is 2.30 bits per heavy atom. The zero-order valence-electron chi connectivity index (χ0n) is 18.6. The van der Waals surface area contributed by atoms with E-state index in [1.807, 2.05) is 16.7 Å². The number of carbonyl (C=O) groups excluding carboxylic acids is 2. The Labute approximate surface area is 198 Å². The van der Waals surface area contributed by atoms with Crippen LogP contribution in [0.3, 0.4) is 0 Å². The van der Waals surface area contributed by atoms with Gasteiger partial charge in [0.1, 0.15) is 16.8 Å². The maximum absolute atomic E-state index is 14.0. The molecule has 3 rings (SSSR count). The zero-order valence-corrected chi connectivity index (χ0v) is 20.2. The number of anilines is 1. The lowest BCUT2D eigenvalue weighted by molar-refractivity contribution is -0.130. The van der Waals surface area contributed by atoms with E-state index in [9.17, 15) is 22.4 Å². The number of halogens is 1. The fourth-order valence-corrected chi connectivity index (χ4v) is 5.74. The van der Waals surface area contributed by atoms with E-state index in [1.165, 1.54) is 12.1 Å². The van der Waals surface area contributed by atoms with Crippen molar-refractivity contribution in [3.05, 3.63) is 59.9 Å². The lowest BCUT2D eigenvalue weighted by atomic mass is 10.0. The van der Waals surface area contributed by atoms with Gasteiger partial charge in [-0.25, -0.2) is 12.8 Å². The molecule has 1 heterocycles. The summed E-state index contributed by atoms with van der Waals surface area (Å²) in [5.74, 6) is 0.157. The van der Waals surface area contributed by atoms with Gasteiger partial charge in [-0.15, -0.1) is 0 Å². The first-order valence-electron chi connectivity index (χ1n) is 10.7. The van der Waals surface area contributed by atoms with E-state index in [2.05, 4.69) is 10.0 Å². The van der Waals surface area contributed by atoms with Crippen LogP contribution in [0.1, 0.15) is 19.4 Å². The topological polar surface area (TPSA) is 95.6 Å². The van der Waals surface area contributed by atoms with E-state index in [-0.39, 0.29) is 18.2 Å². The molecule has 1 aliphatic rings. The molecule has 1 fully saturated rings. The van der Waals surface area contributed by atoms with Crippen molar-refractivity contribution in [3.63, 3.8) is 0 Å². The average Bonchev–Trinajstić information content (AvgIpc) is 2.79. The summed E-state index contributed by atoms with van der Waals surface area (Å²) in [6.45, 7) is 4.91. The number of amides is 2. The second-order valence-corrected chi connectivity index (χ2v) is 11.0. The number of hydrogen-bond acceptors (Lipinski definition) is 5. The lowest BCUT2D eigenvalue weighted by Gasteiger charge is -2.26. The largest absolute Gasteiger partial charge is 0.341 e. The van der Waals surface area contributed by atoms with Crippen LogP contribution in [-0.4, -0.2) is 55.8 Å². The van der Waals surface area contributed by atoms with Gasteiger partial charge in [0.15, 0.2) is 0 Å². The highest BCUT2D eigenvalue weighted by Crippen LogP contribution is 2.18. The molecule has 1 aliphatic heterocycles. The number of rotatable bonds is 8. The molecule has 0 spiro atoms. The maximum Gasteiger partial charge on any atom is 0.244 e. The second-order valence-electron chi connectivity index (χ2n) is 8.13. The molecule has 1 saturated heterocycles. The monoisotopic (exact) mass is 493 g/mol. The first-order chi connectivity index (χ1) is 15.7. The Balaban J connectivity index is 1.64. The van der Waals surface area contributed by atoms with Gasteiger partial charge < -0.3 is 10.2 Å². The molecule has 2 aromatic rings. The van der Waals surface area contributed by atoms with Gasteiger partial charge in [-0.05, 0) is 35.7 Å². The quantitative estimate of drug-likeness (QED) is 0.590. The van der Waals surface area contributed by atoms with E-state index in [0.717, 1.165) is 42.3 Å². The smallest absolute Gasteiger partial charge is 0.244 e. The summed E-state index contributed by atoms with van der Waals surface area (Å²) < 4.78 is 41.6. The van der Waals surface area contributed by atoms with E-state index in [0.29, 0.717) is 5.69 Å². The van der Waals surface area contributed by atoms with Crippen molar-refractivity contribution in [2.75, 3.05) is 29.9 Å². The summed E-state index contributed by atoms with van der Waals surface area (Å²) in [5, 5.41) is 2.70. The highest BCUT2D eigenvalue weighted by molar-refractivity contribution is 7.99. The minimum atomic E-state index is -4.23. The van der Waals surface area contributed by atoms with Crippen molar-refractivity contribution in [2.45, 2.75) is 31.2 Å². The predicted octanol–water partition coefficient (Wildman–Crippen LogP) is 2.89. The molecule has 10 heteroatoms. The Bertz CT molecular complexity index is 1090. The molecule has 0 saturated carbocycles. The number of thioether (sulfide) groups is 1. The summed E-state index contributed by atoms with van der Waals surface area (Å²) in [7, 11) is -4.23. The van der Waals surface area contributed by atoms with Crippen LogP contribution < -0.4 is 10.0 Å². The lowest BCUT2D eigenvalue weighted by Crippen LogP contribution is -2.47. The normalized spacial score (nSPS) is 15.3. The highest BCUT2D eigenvalue weighted by atomic mass is 32.2. The molecule has 0 bridgehead atoms. The summed E-state index contributed by atoms with van der Waals surface area (Å²) in [6.07, 6.45) is 0.288. The average molecular weight is 494 g/mol. The van der Waals surface area contributed by atoms with E-state index >= 15 is 0 Å². The fraction of sp³-hybridized carbons (Fsp3) is 0.391. The van der Waals surface area contributed by atoms with Gasteiger partial charge in [-0.3, -0.25) is 9.59 Å². The van der Waals surface area contributed by atoms with Crippen LogP contribution in [0.25, 0.3) is 0 Å². The van der Waals surface area contributed by atoms with Crippen molar-refractivity contribution in [2.24, 2.45) is 5.92 Å². The van der Waals surface area contributed by atoms with E-state index < -0.39 is 32.7 Å². The van der Waals surface area contributed by atoms with Gasteiger partial charge in [0.05, 0.1) is 6.42 Å². The minimum absolute atomic E-state index is 0.0782. The minimum Gasteiger partial charge on any atom is -0.341 e. The Morgan fingerprint density at radius 1 is 1.06 bits per heavy atom. The highest BCUT2D eigenvalue weighted by Gasteiger charge is 2.30. The van der Waals surface area contributed by atoms with Crippen molar-refractivity contribution in [1.82, 2.24) is 9.62 Å². The number of carbonyl (C=O) groups is 2. The van der Waals surface area contributed by atoms with Crippen molar-refractivity contribution >= 4 is 39.3 Å². The number of hydrogen-bond donors (Lipinski definition) is 2. The zero-order chi connectivity index (χ0) is 24.0. The summed E-state index contributed by atoms with van der Waals surface area (Å²) >= 11 is 1.84. The number of benzene rings is 2. The molecule has 0 radical (unpaired) electrons. The number of nitrogens with zero attached hydrogens (tertiary/aromatic N) is 1. The number of sulfonamides is 1. The fourth-order valence-electron chi connectivity index (χ4n) is 3.41. The first-order valence-corrected chi connectivity index (χ1v) is 13.3. The molecule has 0 aliphatic carbocycles. The predicted molar refractivity (Wildman–Crippen MR) is 128 cm³/mol. The van der Waals surface area contributed by atoms with Gasteiger partial charge >= 0.3 is 0 Å². The number of nitrogens with one attached hydrogen (secondary N) is 2. The third-order valence-electron chi connectivity index (χ3n) is 5.30. The summed E-state index contributed by atoms with van der Waals surface area (Å²) in [6, 6.07) is 10.8. The van der Waals surface area contributed by atoms with Crippen LogP contribution in [-0.2, 0) is 26.0 Å². The Morgan fingerprint density at radius 2 is 1.70 bits per heavy atom. The molecule has 178 valence electrons. The summed E-state index contributed by atoms with van der Waals surface area (Å²) in [4.78, 5) is 26.6. The maximum atomic E-state index is 14.0. The molecule has 2 aromatic carbocycles. The van der Waals surface area contributed by atoms with Gasteiger partial charge in [0, 0.05) is 30.3 Å². The van der Waals surface area contributed by atoms with E-state index in [1.54, 1.807) is 38.1 Å². The molecule has 0 unspecified atom stereocenters. The molecule has 2 amide bonds. The molecule has 2 N–H and O–H groups in total. The Kier molecular flexibility index (Phi) is 8.50. The second kappa shape index (κ2) is 11.1. The first kappa shape index (κ1) is 25.2. The SMILES string of the molecule is CC(C)[C@H](NS(=O)(=O)c1ccccc1F)C(=O)Nc1ccc(CC(=O)N2CCSCC2)cc1. The van der Waals surface area contributed by atoms with Crippen LogP contribution >= 0.6 is 11.8 Å². The summed E-state index contributed by atoms with van der Waals surface area (Å²) in [5.41, 5.74) is 1.30. The van der Waals surface area contributed by atoms with Crippen molar-refractivity contribution < 1.29 is 22.4 Å². The van der Waals surface area contributed by atoms with Gasteiger partial charge in [0.2, 0.25) is 21.8 Å². The molecule has 7 nitrogen and oxygen atoms in total. The molecular weight excluding hydrogens is 465 g/mol. The van der Waals surface area contributed by atoms with Crippen molar-refractivity contribution in [1.29, 1.82) is 0 Å². The van der Waals surface area contributed by atoms with Crippen LogP contribution in [0.5, 0.6) is 0 Å². The van der Waals surface area contributed by atoms with Crippen LogP contribution in [0.4, 0.5) is 10.1 Å². The molecule has 0 aromatic heterocycles. The van der Waals surface area contributed by atoms with E-state index in [4.69, 9.17) is 0 Å². The molecule has 1 atom stereocenters. The van der Waals surface area contributed by atoms with Crippen molar-refractivity contribution in [3.8, 4) is 0 Å². The third-order valence-corrected chi connectivity index (χ3v) is 7.71. The molecular formula is C23H28FN3O4S2. The van der Waals surface area contributed by atoms with Crippen LogP contribution in [0, 0.1) is 11.7 Å². The standard InChI is InChI=1S/C23H28FN3O4S2/c1-16(2)22(26-33(30,31)20-6-4-3-5-19(20)24)23(29)25-18-9-7-17(8-10-18)15-21(28)27-11-13-32-14-12-27/h3-10,16,22,26H,11-15H2,1-2H3,(H,25,29)/t22-/m0/s1. The Hall–Kier alpha value is -2.43. The van der Waals surface area contributed by atoms with Gasteiger partial charge in [0.25, 0.3) is 0 Å². The van der Waals surface area contributed by atoms with Gasteiger partial charge in [-0.1, -0.05) is 38.1 Å². The van der Waals surface area contributed by atoms with Crippen LogP contribution in [0.15, 0.2) is 53.4 Å². The van der Waals surface area contributed by atoms with Crippen LogP contribution in [0.2, 0.25) is 0 Å².